The van der Waals surface area contributed by atoms with E-state index in [0.29, 0.717) is 0 Å². The van der Waals surface area contributed by atoms with Gasteiger partial charge in [-0.25, -0.2) is 0 Å². The van der Waals surface area contributed by atoms with Crippen molar-refractivity contribution in [1.29, 1.82) is 0 Å². The highest BCUT2D eigenvalue weighted by Gasteiger charge is 2.03. The Morgan fingerprint density at radius 2 is 1.82 bits per heavy atom. The Labute approximate surface area is 103 Å². The molecule has 0 unspecified atom stereocenters. The summed E-state index contributed by atoms with van der Waals surface area (Å²) in [5, 5.41) is 0. The lowest BCUT2D eigenvalue weighted by Gasteiger charge is -2.07. The summed E-state index contributed by atoms with van der Waals surface area (Å²) in [6, 6.07) is 8.25. The van der Waals surface area contributed by atoms with Crippen LogP contribution in [0.2, 0.25) is 0 Å². The SMILES string of the molecule is CCCCc1nc(-c2ccncc2)ccc1C. The molecule has 0 atom stereocenters. The molecule has 0 aliphatic carbocycles. The van der Waals surface area contributed by atoms with E-state index < -0.39 is 0 Å². The van der Waals surface area contributed by atoms with Crippen molar-refractivity contribution in [2.75, 3.05) is 0 Å². The third kappa shape index (κ3) is 2.90. The van der Waals surface area contributed by atoms with Crippen LogP contribution in [0.4, 0.5) is 0 Å². The molecule has 0 aliphatic rings. The van der Waals surface area contributed by atoms with E-state index in [1.54, 1.807) is 0 Å². The number of hydrogen-bond acceptors (Lipinski definition) is 2. The zero-order chi connectivity index (χ0) is 12.1. The summed E-state index contributed by atoms with van der Waals surface area (Å²) in [5.41, 5.74) is 4.69. The summed E-state index contributed by atoms with van der Waals surface area (Å²) >= 11 is 0. The first kappa shape index (κ1) is 11.8. The molecule has 0 radical (unpaired) electrons. The third-order valence-corrected chi connectivity index (χ3v) is 2.95. The largest absolute Gasteiger partial charge is 0.265 e. The fourth-order valence-electron chi connectivity index (χ4n) is 1.85. The van der Waals surface area contributed by atoms with Gasteiger partial charge in [-0.2, -0.15) is 0 Å². The van der Waals surface area contributed by atoms with Crippen LogP contribution >= 0.6 is 0 Å². The molecule has 0 saturated heterocycles. The van der Waals surface area contributed by atoms with Crippen LogP contribution in [0.25, 0.3) is 11.3 Å². The maximum absolute atomic E-state index is 4.75. The van der Waals surface area contributed by atoms with Gasteiger partial charge in [-0.15, -0.1) is 0 Å². The molecule has 2 heteroatoms. The Hall–Kier alpha value is -1.70. The number of pyridine rings is 2. The highest BCUT2D eigenvalue weighted by molar-refractivity contribution is 5.58. The molecule has 0 fully saturated rings. The zero-order valence-corrected chi connectivity index (χ0v) is 10.5. The lowest BCUT2D eigenvalue weighted by Crippen LogP contribution is -1.96. The van der Waals surface area contributed by atoms with Crippen molar-refractivity contribution in [2.45, 2.75) is 33.1 Å². The quantitative estimate of drug-likeness (QED) is 0.792. The highest BCUT2D eigenvalue weighted by Crippen LogP contribution is 2.18. The minimum Gasteiger partial charge on any atom is -0.265 e. The Morgan fingerprint density at radius 1 is 1.06 bits per heavy atom. The molecule has 2 aromatic heterocycles. The molecule has 0 saturated carbocycles. The van der Waals surface area contributed by atoms with Crippen LogP contribution in [-0.4, -0.2) is 9.97 Å². The second-order valence-corrected chi connectivity index (χ2v) is 4.30. The van der Waals surface area contributed by atoms with Gasteiger partial charge >= 0.3 is 0 Å². The van der Waals surface area contributed by atoms with Crippen LogP contribution < -0.4 is 0 Å². The van der Waals surface area contributed by atoms with Gasteiger partial charge in [-0.05, 0) is 43.5 Å². The monoisotopic (exact) mass is 226 g/mol. The Morgan fingerprint density at radius 3 is 2.53 bits per heavy atom. The van der Waals surface area contributed by atoms with Gasteiger partial charge in [-0.1, -0.05) is 19.4 Å². The molecule has 2 rings (SSSR count). The fourth-order valence-corrected chi connectivity index (χ4v) is 1.85. The summed E-state index contributed by atoms with van der Waals surface area (Å²) in [7, 11) is 0. The molecule has 17 heavy (non-hydrogen) atoms. The molecular weight excluding hydrogens is 208 g/mol. The van der Waals surface area contributed by atoms with Gasteiger partial charge in [0.1, 0.15) is 0 Å². The van der Waals surface area contributed by atoms with Crippen LogP contribution in [0.3, 0.4) is 0 Å². The van der Waals surface area contributed by atoms with Gasteiger partial charge in [-0.3, -0.25) is 9.97 Å². The molecule has 0 spiro atoms. The van der Waals surface area contributed by atoms with Gasteiger partial charge in [0, 0.05) is 23.7 Å². The maximum Gasteiger partial charge on any atom is 0.0706 e. The van der Waals surface area contributed by atoms with Crippen molar-refractivity contribution >= 4 is 0 Å². The van der Waals surface area contributed by atoms with E-state index in [1.807, 2.05) is 24.5 Å². The van der Waals surface area contributed by atoms with E-state index in [4.69, 9.17) is 4.98 Å². The maximum atomic E-state index is 4.75. The van der Waals surface area contributed by atoms with E-state index in [0.717, 1.165) is 17.7 Å². The predicted molar refractivity (Wildman–Crippen MR) is 70.8 cm³/mol. The van der Waals surface area contributed by atoms with Crippen molar-refractivity contribution in [3.05, 3.63) is 47.9 Å². The molecule has 2 aromatic rings. The van der Waals surface area contributed by atoms with Crippen molar-refractivity contribution in [2.24, 2.45) is 0 Å². The number of rotatable bonds is 4. The second-order valence-electron chi connectivity index (χ2n) is 4.30. The Kier molecular flexibility index (Phi) is 3.86. The number of nitrogens with zero attached hydrogens (tertiary/aromatic N) is 2. The topological polar surface area (TPSA) is 25.8 Å². The summed E-state index contributed by atoms with van der Waals surface area (Å²) in [4.78, 5) is 8.78. The number of hydrogen-bond donors (Lipinski definition) is 0. The van der Waals surface area contributed by atoms with Crippen molar-refractivity contribution < 1.29 is 0 Å². The third-order valence-electron chi connectivity index (χ3n) is 2.95. The Bertz CT molecular complexity index is 478. The molecule has 0 amide bonds. The van der Waals surface area contributed by atoms with Gasteiger partial charge in [0.2, 0.25) is 0 Å². The van der Waals surface area contributed by atoms with Crippen LogP contribution in [0.1, 0.15) is 31.0 Å². The van der Waals surface area contributed by atoms with Crippen molar-refractivity contribution in [1.82, 2.24) is 9.97 Å². The normalized spacial score (nSPS) is 10.5. The molecule has 0 aliphatic heterocycles. The Balaban J connectivity index is 2.31. The van der Waals surface area contributed by atoms with Gasteiger partial charge in [0.25, 0.3) is 0 Å². The first-order valence-corrected chi connectivity index (χ1v) is 6.18. The fraction of sp³-hybridized carbons (Fsp3) is 0.333. The van der Waals surface area contributed by atoms with Crippen LogP contribution in [0.15, 0.2) is 36.7 Å². The van der Waals surface area contributed by atoms with E-state index in [2.05, 4.69) is 31.0 Å². The standard InChI is InChI=1S/C15H18N2/c1-3-4-5-14-12(2)6-7-15(17-14)13-8-10-16-11-9-13/h6-11H,3-5H2,1-2H3. The molecule has 0 aromatic carbocycles. The summed E-state index contributed by atoms with van der Waals surface area (Å²) in [5.74, 6) is 0. The van der Waals surface area contributed by atoms with Gasteiger partial charge < -0.3 is 0 Å². The minimum atomic E-state index is 1.05. The molecule has 0 bridgehead atoms. The van der Waals surface area contributed by atoms with E-state index in [9.17, 15) is 0 Å². The highest BCUT2D eigenvalue weighted by atomic mass is 14.7. The average molecular weight is 226 g/mol. The molecule has 2 heterocycles. The number of unbranched alkanes of at least 4 members (excludes halogenated alkanes) is 1. The van der Waals surface area contributed by atoms with Crippen LogP contribution in [-0.2, 0) is 6.42 Å². The van der Waals surface area contributed by atoms with Crippen LogP contribution in [0, 0.1) is 6.92 Å². The average Bonchev–Trinajstić information content (AvgIpc) is 2.39. The molecule has 88 valence electrons. The number of aromatic nitrogens is 2. The van der Waals surface area contributed by atoms with E-state index in [1.165, 1.54) is 24.1 Å². The lowest BCUT2D eigenvalue weighted by atomic mass is 10.1. The van der Waals surface area contributed by atoms with E-state index in [-0.39, 0.29) is 0 Å². The van der Waals surface area contributed by atoms with Crippen molar-refractivity contribution in [3.63, 3.8) is 0 Å². The summed E-state index contributed by atoms with van der Waals surface area (Å²) in [6.45, 7) is 4.34. The summed E-state index contributed by atoms with van der Waals surface area (Å²) in [6.07, 6.45) is 7.10. The molecule has 2 nitrogen and oxygen atoms in total. The molecule has 0 N–H and O–H groups in total. The smallest absolute Gasteiger partial charge is 0.0706 e. The summed E-state index contributed by atoms with van der Waals surface area (Å²) < 4.78 is 0. The van der Waals surface area contributed by atoms with Crippen molar-refractivity contribution in [3.8, 4) is 11.3 Å². The number of aryl methyl sites for hydroxylation is 2. The van der Waals surface area contributed by atoms with Gasteiger partial charge in [0.15, 0.2) is 0 Å². The lowest BCUT2D eigenvalue weighted by molar-refractivity contribution is 0.772. The zero-order valence-electron chi connectivity index (χ0n) is 10.5. The predicted octanol–water partition coefficient (Wildman–Crippen LogP) is 3.79. The van der Waals surface area contributed by atoms with E-state index >= 15 is 0 Å². The minimum absolute atomic E-state index is 1.05. The van der Waals surface area contributed by atoms with Crippen LogP contribution in [0.5, 0.6) is 0 Å². The first-order chi connectivity index (χ1) is 8.31. The second kappa shape index (κ2) is 5.58. The van der Waals surface area contributed by atoms with Gasteiger partial charge in [0.05, 0.1) is 5.69 Å². The molecular formula is C15H18N2. The first-order valence-electron chi connectivity index (χ1n) is 6.18.